The molecular weight excluding hydrogens is 499 g/mol. The van der Waals surface area contributed by atoms with Gasteiger partial charge in [0.1, 0.15) is 27.4 Å². The van der Waals surface area contributed by atoms with Gasteiger partial charge in [-0.3, -0.25) is 14.2 Å². The van der Waals surface area contributed by atoms with E-state index in [4.69, 9.17) is 4.74 Å². The average Bonchev–Trinajstić information content (AvgIpc) is 3.49. The van der Waals surface area contributed by atoms with Crippen molar-refractivity contribution in [3.63, 3.8) is 0 Å². The Balaban J connectivity index is 1.96. The molecule has 0 saturated heterocycles. The first kappa shape index (κ1) is 26.3. The van der Waals surface area contributed by atoms with E-state index in [0.717, 1.165) is 4.57 Å². The Morgan fingerprint density at radius 3 is 2.46 bits per heavy atom. The topological polar surface area (TPSA) is 113 Å². The lowest BCUT2D eigenvalue weighted by molar-refractivity contribution is -0.124. The highest BCUT2D eigenvalue weighted by Crippen LogP contribution is 2.33. The average molecular weight is 529 g/mol. The van der Waals surface area contributed by atoms with Crippen LogP contribution in [-0.4, -0.2) is 43.2 Å². The molecule has 10 nitrogen and oxygen atoms in total. The molecule has 0 spiro atoms. The summed E-state index contributed by atoms with van der Waals surface area (Å²) < 4.78 is 22.0. The van der Waals surface area contributed by atoms with Gasteiger partial charge in [0.15, 0.2) is 0 Å². The molecule has 0 aliphatic heterocycles. The minimum atomic E-state index is -1.05. The number of nitrogens with zero attached hydrogens (tertiary/aromatic N) is 5. The van der Waals surface area contributed by atoms with Gasteiger partial charge in [-0.1, -0.05) is 18.3 Å². The van der Waals surface area contributed by atoms with Crippen molar-refractivity contribution in [2.45, 2.75) is 59.2 Å². The van der Waals surface area contributed by atoms with Crippen LogP contribution in [0, 0.1) is 12.7 Å². The maximum Gasteiger partial charge on any atom is 0.332 e. The number of hydrogen-bond acceptors (Lipinski definition) is 7. The fraction of sp³-hybridized carbons (Fsp3) is 0.400. The van der Waals surface area contributed by atoms with Crippen molar-refractivity contribution in [1.82, 2.24) is 29.4 Å². The molecule has 12 heteroatoms. The highest BCUT2D eigenvalue weighted by molar-refractivity contribution is 7.21. The summed E-state index contributed by atoms with van der Waals surface area (Å²) in [5.41, 5.74) is -0.0255. The van der Waals surface area contributed by atoms with Crippen LogP contribution in [0.2, 0.25) is 0 Å². The number of carbonyl (C=O) groups excluding carboxylic acids is 1. The second kappa shape index (κ2) is 10.3. The summed E-state index contributed by atoms with van der Waals surface area (Å²) >= 11 is 1.21. The highest BCUT2D eigenvalue weighted by Gasteiger charge is 2.27. The number of carbonyl (C=O) groups is 1. The van der Waals surface area contributed by atoms with E-state index < -0.39 is 29.0 Å². The number of benzene rings is 1. The number of amides is 1. The quantitative estimate of drug-likeness (QED) is 0.376. The molecule has 0 fully saturated rings. The summed E-state index contributed by atoms with van der Waals surface area (Å²) in [5, 5.41) is 12.0. The Labute approximate surface area is 216 Å². The summed E-state index contributed by atoms with van der Waals surface area (Å²) in [5.74, 6) is -0.754. The molecule has 0 aliphatic carbocycles. The van der Waals surface area contributed by atoms with Crippen LogP contribution in [0.25, 0.3) is 15.2 Å². The molecule has 0 saturated carbocycles. The second-order valence-corrected chi connectivity index (χ2v) is 10.2. The molecule has 196 valence electrons. The maximum atomic E-state index is 14.1. The Morgan fingerprint density at radius 1 is 1.16 bits per heavy atom. The van der Waals surface area contributed by atoms with Gasteiger partial charge in [-0.05, 0) is 45.9 Å². The van der Waals surface area contributed by atoms with Gasteiger partial charge in [-0.15, -0.1) is 4.80 Å². The molecule has 1 unspecified atom stereocenters. The predicted molar refractivity (Wildman–Crippen MR) is 139 cm³/mol. The van der Waals surface area contributed by atoms with Gasteiger partial charge in [0.2, 0.25) is 5.91 Å². The Bertz CT molecular complexity index is 1570. The number of thiophene rings is 1. The van der Waals surface area contributed by atoms with Crippen molar-refractivity contribution in [3.8, 4) is 10.8 Å². The van der Waals surface area contributed by atoms with E-state index in [-0.39, 0.29) is 18.5 Å². The minimum absolute atomic E-state index is 0.111. The van der Waals surface area contributed by atoms with E-state index in [0.29, 0.717) is 32.1 Å². The van der Waals surface area contributed by atoms with Crippen molar-refractivity contribution in [2.75, 3.05) is 7.11 Å². The summed E-state index contributed by atoms with van der Waals surface area (Å²) in [6.45, 7) is 8.84. The van der Waals surface area contributed by atoms with E-state index in [1.807, 2.05) is 6.92 Å². The fourth-order valence-corrected chi connectivity index (χ4v) is 5.57. The minimum Gasteiger partial charge on any atom is -0.496 e. The van der Waals surface area contributed by atoms with Crippen LogP contribution in [0.4, 0.5) is 4.39 Å². The molecule has 37 heavy (non-hydrogen) atoms. The fourth-order valence-electron chi connectivity index (χ4n) is 4.35. The monoisotopic (exact) mass is 528 g/mol. The molecule has 3 heterocycles. The number of rotatable bonds is 8. The normalized spacial score (nSPS) is 13.2. The number of halogens is 1. The summed E-state index contributed by atoms with van der Waals surface area (Å²) in [4.78, 5) is 42.2. The van der Waals surface area contributed by atoms with Gasteiger partial charge in [-0.2, -0.15) is 10.2 Å². The number of hydrogen-bond donors (Lipinski definition) is 1. The molecule has 4 aromatic rings. The first-order valence-corrected chi connectivity index (χ1v) is 12.7. The van der Waals surface area contributed by atoms with Crippen molar-refractivity contribution in [1.29, 1.82) is 0 Å². The smallest absolute Gasteiger partial charge is 0.332 e. The first-order valence-electron chi connectivity index (χ1n) is 11.8. The van der Waals surface area contributed by atoms with Gasteiger partial charge < -0.3 is 10.1 Å². The zero-order valence-corrected chi connectivity index (χ0v) is 22.3. The Hall–Kier alpha value is -3.80. The van der Waals surface area contributed by atoms with Crippen LogP contribution in [-0.2, 0) is 11.3 Å². The van der Waals surface area contributed by atoms with Crippen LogP contribution in [0.3, 0.4) is 0 Å². The van der Waals surface area contributed by atoms with Gasteiger partial charge in [0.05, 0.1) is 24.9 Å². The summed E-state index contributed by atoms with van der Waals surface area (Å²) in [6, 6.07) is 3.00. The lowest BCUT2D eigenvalue weighted by atomic mass is 9.99. The standard InChI is InChI=1S/C25H29FN6O4S/c1-13(2)29-21(33)16(5)31-22(34)20-15(4)23(32-27-9-10-28-32)37-24(20)30(25(31)35)12-14(3)18-11-17(26)7-8-19(18)36-6/h7-11,13-14,16H,12H2,1-6H3,(H,29,33)/t14-,16?/m0/s1. The van der Waals surface area contributed by atoms with Crippen molar-refractivity contribution >= 4 is 27.5 Å². The third-order valence-corrected chi connectivity index (χ3v) is 7.48. The molecule has 0 radical (unpaired) electrons. The molecule has 0 bridgehead atoms. The van der Waals surface area contributed by atoms with Gasteiger partial charge >= 0.3 is 5.69 Å². The Morgan fingerprint density at radius 2 is 1.84 bits per heavy atom. The maximum absolute atomic E-state index is 14.1. The molecule has 1 N–H and O–H groups in total. The highest BCUT2D eigenvalue weighted by atomic mass is 32.1. The third kappa shape index (κ3) is 4.80. The molecular formula is C25H29FN6O4S. The van der Waals surface area contributed by atoms with Gasteiger partial charge in [-0.25, -0.2) is 13.8 Å². The number of fused-ring (bicyclic) bond motifs is 1. The van der Waals surface area contributed by atoms with E-state index in [2.05, 4.69) is 15.5 Å². The van der Waals surface area contributed by atoms with Crippen LogP contribution >= 0.6 is 11.3 Å². The van der Waals surface area contributed by atoms with Crippen molar-refractivity contribution in [3.05, 3.63) is 68.4 Å². The molecule has 0 aliphatic rings. The number of aromatic nitrogens is 5. The summed E-state index contributed by atoms with van der Waals surface area (Å²) in [6.07, 6.45) is 3.04. The molecule has 1 aromatic carbocycles. The molecule has 3 aromatic heterocycles. The van der Waals surface area contributed by atoms with Crippen LogP contribution in [0.5, 0.6) is 5.75 Å². The van der Waals surface area contributed by atoms with E-state index >= 15 is 0 Å². The van der Waals surface area contributed by atoms with E-state index in [9.17, 15) is 18.8 Å². The number of ether oxygens (including phenoxy) is 1. The number of methoxy groups -OCH3 is 1. The van der Waals surface area contributed by atoms with Crippen molar-refractivity contribution < 1.29 is 13.9 Å². The van der Waals surface area contributed by atoms with E-state index in [1.165, 1.54) is 65.3 Å². The Kier molecular flexibility index (Phi) is 7.30. The third-order valence-electron chi connectivity index (χ3n) is 6.19. The SMILES string of the molecule is COc1ccc(F)cc1[C@@H](C)Cn1c(=O)n(C(C)C(=O)NC(C)C)c(=O)c2c(C)c(-n3nccn3)sc21. The van der Waals surface area contributed by atoms with E-state index in [1.54, 1.807) is 20.8 Å². The zero-order valence-electron chi connectivity index (χ0n) is 21.5. The zero-order chi connectivity index (χ0) is 27.0. The van der Waals surface area contributed by atoms with Crippen molar-refractivity contribution in [2.24, 2.45) is 0 Å². The van der Waals surface area contributed by atoms with Gasteiger partial charge in [0.25, 0.3) is 5.56 Å². The first-order chi connectivity index (χ1) is 17.5. The van der Waals surface area contributed by atoms with Crippen LogP contribution in [0.15, 0.2) is 40.2 Å². The summed E-state index contributed by atoms with van der Waals surface area (Å²) in [7, 11) is 1.50. The lowest BCUT2D eigenvalue weighted by Crippen LogP contribution is -2.47. The largest absolute Gasteiger partial charge is 0.496 e. The van der Waals surface area contributed by atoms with Gasteiger partial charge in [0, 0.05) is 29.6 Å². The second-order valence-electron chi connectivity index (χ2n) is 9.23. The predicted octanol–water partition coefficient (Wildman–Crippen LogP) is 3.15. The molecule has 4 rings (SSSR count). The molecule has 1 amide bonds. The van der Waals surface area contributed by atoms with Crippen LogP contribution in [0.1, 0.15) is 50.8 Å². The number of nitrogens with one attached hydrogen (secondary N) is 1. The lowest BCUT2D eigenvalue weighted by Gasteiger charge is -2.21. The molecule has 2 atom stereocenters. The number of aryl methyl sites for hydroxylation is 1. The van der Waals surface area contributed by atoms with Crippen LogP contribution < -0.4 is 21.3 Å².